The van der Waals surface area contributed by atoms with Gasteiger partial charge in [-0.2, -0.15) is 0 Å². The Kier molecular flexibility index (Phi) is 3.78. The van der Waals surface area contributed by atoms with Crippen molar-refractivity contribution in [3.05, 3.63) is 23.3 Å². The van der Waals surface area contributed by atoms with E-state index < -0.39 is 11.4 Å². The van der Waals surface area contributed by atoms with Crippen molar-refractivity contribution in [2.24, 2.45) is 28.6 Å². The minimum Gasteiger partial charge on any atom is -0.550 e. The molecule has 122 valence electrons. The van der Waals surface area contributed by atoms with E-state index in [2.05, 4.69) is 32.9 Å². The largest absolute Gasteiger partial charge is 0.550 e. The maximum atomic E-state index is 11.8. The molecular weight excluding hydrogens is 272 g/mol. The number of allylic oxidation sites excluding steroid dienone is 4. The van der Waals surface area contributed by atoms with Gasteiger partial charge >= 0.3 is 0 Å². The molecule has 1 fully saturated rings. The lowest BCUT2D eigenvalue weighted by molar-refractivity contribution is -0.326. The summed E-state index contributed by atoms with van der Waals surface area (Å²) in [5.74, 6) is 0.538. The molecule has 0 spiro atoms. The highest BCUT2D eigenvalue weighted by Crippen LogP contribution is 2.61. The van der Waals surface area contributed by atoms with Crippen molar-refractivity contribution in [3.63, 3.8) is 0 Å². The molecule has 3 rings (SSSR count). The Morgan fingerprint density at radius 1 is 1.32 bits per heavy atom. The van der Waals surface area contributed by atoms with Crippen LogP contribution >= 0.6 is 0 Å². The number of hydrogen-bond donors (Lipinski definition) is 0. The molecule has 3 aliphatic carbocycles. The summed E-state index contributed by atoms with van der Waals surface area (Å²) in [5, 5.41) is 11.8. The first-order chi connectivity index (χ1) is 10.3. The Morgan fingerprint density at radius 3 is 2.68 bits per heavy atom. The number of carboxylic acids is 1. The zero-order chi connectivity index (χ0) is 16.1. The maximum absolute atomic E-state index is 11.8. The first-order valence-corrected chi connectivity index (χ1v) is 8.91. The van der Waals surface area contributed by atoms with E-state index >= 15 is 0 Å². The molecule has 0 bridgehead atoms. The summed E-state index contributed by atoms with van der Waals surface area (Å²) >= 11 is 0. The Bertz CT molecular complexity index is 542. The fourth-order valence-electron chi connectivity index (χ4n) is 5.59. The SMILES string of the molecule is CC(C)C1=CC2=CC[C@@H]3[C@](C)(CCC[C@@]3(C)C(=O)[O-])[C@@H]2CC1. The molecule has 0 aromatic carbocycles. The minimum atomic E-state index is -0.838. The lowest BCUT2D eigenvalue weighted by Crippen LogP contribution is -2.56. The highest BCUT2D eigenvalue weighted by atomic mass is 16.4. The van der Waals surface area contributed by atoms with Gasteiger partial charge in [0, 0.05) is 11.4 Å². The molecule has 2 heteroatoms. The second kappa shape index (κ2) is 5.25. The van der Waals surface area contributed by atoms with Gasteiger partial charge in [-0.1, -0.05) is 51.8 Å². The van der Waals surface area contributed by atoms with E-state index in [0.717, 1.165) is 25.7 Å². The molecule has 0 aromatic rings. The number of carbonyl (C=O) groups is 1. The van der Waals surface area contributed by atoms with Crippen LogP contribution in [0.2, 0.25) is 0 Å². The van der Waals surface area contributed by atoms with Crippen LogP contribution < -0.4 is 5.11 Å². The first-order valence-electron chi connectivity index (χ1n) is 8.91. The molecule has 2 nitrogen and oxygen atoms in total. The smallest absolute Gasteiger partial charge is 0.0476 e. The van der Waals surface area contributed by atoms with Gasteiger partial charge in [0.05, 0.1) is 0 Å². The van der Waals surface area contributed by atoms with Gasteiger partial charge < -0.3 is 9.90 Å². The first kappa shape index (κ1) is 15.8. The van der Waals surface area contributed by atoms with E-state index in [4.69, 9.17) is 0 Å². The standard InChI is InChI=1S/C20H30O2/c1-13(2)14-6-8-16-15(12-14)7-9-17-19(16,3)10-5-11-20(17,4)18(21)22/h7,12-13,16-17H,5-6,8-11H2,1-4H3,(H,21,22)/p-1/t16-,17-,19-,20-/m1/s1. The van der Waals surface area contributed by atoms with Gasteiger partial charge in [-0.3, -0.25) is 0 Å². The van der Waals surface area contributed by atoms with Crippen molar-refractivity contribution in [3.8, 4) is 0 Å². The molecule has 0 N–H and O–H groups in total. The third-order valence-corrected chi connectivity index (χ3v) is 7.05. The zero-order valence-electron chi connectivity index (χ0n) is 14.4. The van der Waals surface area contributed by atoms with Gasteiger partial charge in [0.1, 0.15) is 0 Å². The highest BCUT2D eigenvalue weighted by Gasteiger charge is 2.54. The van der Waals surface area contributed by atoms with Crippen LogP contribution in [0.1, 0.15) is 66.2 Å². The summed E-state index contributed by atoms with van der Waals surface area (Å²) < 4.78 is 0. The molecule has 0 heterocycles. The van der Waals surface area contributed by atoms with Crippen molar-refractivity contribution in [2.45, 2.75) is 66.2 Å². The zero-order valence-corrected chi connectivity index (χ0v) is 14.4. The number of hydrogen-bond acceptors (Lipinski definition) is 2. The maximum Gasteiger partial charge on any atom is 0.0476 e. The van der Waals surface area contributed by atoms with Gasteiger partial charge in [0.25, 0.3) is 0 Å². The Labute approximate surface area is 134 Å². The third-order valence-electron chi connectivity index (χ3n) is 7.05. The van der Waals surface area contributed by atoms with Crippen LogP contribution in [0.25, 0.3) is 0 Å². The van der Waals surface area contributed by atoms with Gasteiger partial charge in [0.15, 0.2) is 0 Å². The number of carbonyl (C=O) groups excluding carboxylic acids is 1. The monoisotopic (exact) mass is 301 g/mol. The molecule has 0 aliphatic heterocycles. The van der Waals surface area contributed by atoms with Crippen molar-refractivity contribution < 1.29 is 9.90 Å². The van der Waals surface area contributed by atoms with E-state index in [0.29, 0.717) is 11.8 Å². The number of carboxylic acid groups (broad SMARTS) is 1. The summed E-state index contributed by atoms with van der Waals surface area (Å²) in [6.07, 6.45) is 11.0. The van der Waals surface area contributed by atoms with Crippen molar-refractivity contribution in [1.82, 2.24) is 0 Å². The minimum absolute atomic E-state index is 0.121. The summed E-state index contributed by atoms with van der Waals surface area (Å²) in [6.45, 7) is 8.83. The summed E-state index contributed by atoms with van der Waals surface area (Å²) in [7, 11) is 0. The Hall–Kier alpha value is -1.05. The molecule has 22 heavy (non-hydrogen) atoms. The van der Waals surface area contributed by atoms with Gasteiger partial charge in [-0.25, -0.2) is 0 Å². The fraction of sp³-hybridized carbons (Fsp3) is 0.750. The molecule has 3 aliphatic rings. The van der Waals surface area contributed by atoms with Crippen LogP contribution in [0.3, 0.4) is 0 Å². The van der Waals surface area contributed by atoms with E-state index in [1.807, 2.05) is 6.92 Å². The molecule has 0 saturated heterocycles. The molecular formula is C20H29O2-. The van der Waals surface area contributed by atoms with E-state index in [1.165, 1.54) is 18.4 Å². The van der Waals surface area contributed by atoms with Gasteiger partial charge in [-0.15, -0.1) is 0 Å². The topological polar surface area (TPSA) is 40.1 Å². The second-order valence-electron chi connectivity index (χ2n) is 8.52. The van der Waals surface area contributed by atoms with Crippen LogP contribution in [0, 0.1) is 28.6 Å². The van der Waals surface area contributed by atoms with Crippen molar-refractivity contribution in [1.29, 1.82) is 0 Å². The molecule has 0 radical (unpaired) electrons. The third kappa shape index (κ3) is 2.18. The summed E-state index contributed by atoms with van der Waals surface area (Å²) in [6, 6.07) is 0. The lowest BCUT2D eigenvalue weighted by Gasteiger charge is -2.58. The Morgan fingerprint density at radius 2 is 2.05 bits per heavy atom. The van der Waals surface area contributed by atoms with Gasteiger partial charge in [0.2, 0.25) is 0 Å². The Balaban J connectivity index is 2.00. The van der Waals surface area contributed by atoms with Crippen LogP contribution in [0.15, 0.2) is 23.3 Å². The quantitative estimate of drug-likeness (QED) is 0.776. The van der Waals surface area contributed by atoms with E-state index in [1.54, 1.807) is 5.57 Å². The van der Waals surface area contributed by atoms with Crippen LogP contribution in [-0.2, 0) is 4.79 Å². The van der Waals surface area contributed by atoms with Gasteiger partial charge in [-0.05, 0) is 60.8 Å². The van der Waals surface area contributed by atoms with E-state index in [9.17, 15) is 9.90 Å². The second-order valence-corrected chi connectivity index (χ2v) is 8.52. The molecule has 1 saturated carbocycles. The molecule has 0 aromatic heterocycles. The number of fused-ring (bicyclic) bond motifs is 3. The normalized spacial score (nSPS) is 41.3. The average molecular weight is 301 g/mol. The van der Waals surface area contributed by atoms with Crippen molar-refractivity contribution in [2.75, 3.05) is 0 Å². The predicted octanol–water partition coefficient (Wildman–Crippen LogP) is 3.87. The highest BCUT2D eigenvalue weighted by molar-refractivity contribution is 5.73. The van der Waals surface area contributed by atoms with Crippen LogP contribution in [0.4, 0.5) is 0 Å². The van der Waals surface area contributed by atoms with E-state index in [-0.39, 0.29) is 11.3 Å². The predicted molar refractivity (Wildman–Crippen MR) is 86.9 cm³/mol. The number of rotatable bonds is 2. The van der Waals surface area contributed by atoms with Crippen LogP contribution in [0.5, 0.6) is 0 Å². The molecule has 4 atom stereocenters. The molecule has 0 unspecified atom stereocenters. The fourth-order valence-corrected chi connectivity index (χ4v) is 5.59. The van der Waals surface area contributed by atoms with Crippen LogP contribution in [-0.4, -0.2) is 5.97 Å². The summed E-state index contributed by atoms with van der Waals surface area (Å²) in [5.41, 5.74) is 2.51. The number of aliphatic carboxylic acids is 1. The lowest BCUT2D eigenvalue weighted by atomic mass is 9.47. The molecule has 0 amide bonds. The average Bonchev–Trinajstić information content (AvgIpc) is 2.46. The van der Waals surface area contributed by atoms with Crippen molar-refractivity contribution >= 4 is 5.97 Å². The summed E-state index contributed by atoms with van der Waals surface area (Å²) in [4.78, 5) is 11.8.